The molecule has 0 saturated carbocycles. The molecule has 0 aliphatic rings. The fourth-order valence-electron chi connectivity index (χ4n) is 11.2. The number of hydrogen-bond donors (Lipinski definition) is 12. The molecule has 25 heteroatoms. The van der Waals surface area contributed by atoms with E-state index in [0.29, 0.717) is 167 Å². The molecule has 0 heterocycles. The van der Waals surface area contributed by atoms with E-state index in [2.05, 4.69) is 48.0 Å². The zero-order valence-corrected chi connectivity index (χ0v) is 63.1. The predicted octanol–water partition coefficient (Wildman–Crippen LogP) is 10.1. The number of unbranched alkanes of at least 4 members (excludes halogenated alkanes) is 2. The number of phenols is 4. The second-order valence-corrected chi connectivity index (χ2v) is 26.6. The number of benzene rings is 7. The van der Waals surface area contributed by atoms with Crippen LogP contribution < -0.4 is 42.6 Å². The fourth-order valence-corrected chi connectivity index (χ4v) is 11.2. The number of phenolic OH excluding ortho intramolecular Hbond substituents is 4. The maximum atomic E-state index is 13.7. The van der Waals surface area contributed by atoms with Gasteiger partial charge in [0.2, 0.25) is 23.6 Å². The van der Waals surface area contributed by atoms with Gasteiger partial charge in [-0.15, -0.1) is 0 Å². The Balaban J connectivity index is 0.000000383. The molecule has 7 aromatic carbocycles. The van der Waals surface area contributed by atoms with Gasteiger partial charge in [-0.2, -0.15) is 0 Å². The maximum Gasteiger partial charge on any atom is 0.410 e. The number of carboxylic acid groups (broad SMARTS) is 2. The average Bonchev–Trinajstić information content (AvgIpc) is 0.855. The second-order valence-electron chi connectivity index (χ2n) is 26.6. The highest BCUT2D eigenvalue weighted by molar-refractivity contribution is 5.80. The zero-order chi connectivity index (χ0) is 79.0. The molecule has 0 spiro atoms. The van der Waals surface area contributed by atoms with Crippen molar-refractivity contribution < 1.29 is 78.4 Å². The van der Waals surface area contributed by atoms with Crippen LogP contribution in [-0.2, 0) is 79.0 Å². The number of aryl methyl sites for hydroxylation is 6. The summed E-state index contributed by atoms with van der Waals surface area (Å²) in [7, 11) is 0. The van der Waals surface area contributed by atoms with E-state index >= 15 is 0 Å². The van der Waals surface area contributed by atoms with E-state index in [-0.39, 0.29) is 53.2 Å². The summed E-state index contributed by atoms with van der Waals surface area (Å²) in [4.78, 5) is 89.5. The Kier molecular flexibility index (Phi) is 42.0. The lowest BCUT2D eigenvalue weighted by molar-refractivity contribution is -0.144. The van der Waals surface area contributed by atoms with Gasteiger partial charge in [0.25, 0.3) is 0 Å². The van der Waals surface area contributed by atoms with Crippen LogP contribution in [0.15, 0.2) is 164 Å². The summed E-state index contributed by atoms with van der Waals surface area (Å²) in [6, 6.07) is 49.7. The van der Waals surface area contributed by atoms with Crippen molar-refractivity contribution in [3.8, 4) is 34.5 Å². The van der Waals surface area contributed by atoms with Crippen LogP contribution in [0, 0.1) is 13.8 Å². The number of nitrogens with zero attached hydrogens (tertiary/aromatic N) is 3. The molecule has 7 rings (SSSR count). The van der Waals surface area contributed by atoms with Crippen LogP contribution >= 0.6 is 0 Å². The monoisotopic (exact) mass is 1500 g/mol. The van der Waals surface area contributed by atoms with E-state index in [1.165, 1.54) is 35.4 Å². The Hall–Kier alpha value is -10.7. The molecular formula is C84H113N9O16. The predicted molar refractivity (Wildman–Crippen MR) is 420 cm³/mol. The number of nitrogens with two attached hydrogens (primary N) is 3. The molecule has 7 aromatic rings. The first-order valence-corrected chi connectivity index (χ1v) is 37.5. The van der Waals surface area contributed by atoms with Gasteiger partial charge in [-0.3, -0.25) is 28.8 Å². The van der Waals surface area contributed by atoms with E-state index in [0.717, 1.165) is 77.7 Å². The van der Waals surface area contributed by atoms with Gasteiger partial charge in [0.1, 0.15) is 25.9 Å². The van der Waals surface area contributed by atoms with Crippen LogP contribution in [0.2, 0.25) is 0 Å². The molecule has 109 heavy (non-hydrogen) atoms. The lowest BCUT2D eigenvalue weighted by Gasteiger charge is -2.25. The number of carbonyl (C=O) groups is 7. The van der Waals surface area contributed by atoms with Gasteiger partial charge in [0.15, 0.2) is 34.5 Å². The van der Waals surface area contributed by atoms with Crippen LogP contribution in [0.1, 0.15) is 134 Å². The number of amides is 5. The van der Waals surface area contributed by atoms with E-state index < -0.39 is 30.5 Å². The summed E-state index contributed by atoms with van der Waals surface area (Å²) in [5.74, 6) is -1.88. The minimum atomic E-state index is -1.29. The minimum absolute atomic E-state index is 0.00892. The Bertz CT molecular complexity index is 3850. The molecule has 0 bridgehead atoms. The number of ether oxygens (including phenoxy) is 3. The van der Waals surface area contributed by atoms with Crippen LogP contribution in [0.3, 0.4) is 0 Å². The van der Waals surface area contributed by atoms with Gasteiger partial charge in [0, 0.05) is 78.0 Å². The Labute approximate surface area is 640 Å². The van der Waals surface area contributed by atoms with Crippen molar-refractivity contribution in [1.29, 1.82) is 0 Å². The Morgan fingerprint density at radius 2 is 0.817 bits per heavy atom. The summed E-state index contributed by atoms with van der Waals surface area (Å²) in [5, 5.41) is 63.2. The number of carbonyl (C=O) groups excluding carboxylic acids is 5. The smallest absolute Gasteiger partial charge is 0.410 e. The third-order valence-corrected chi connectivity index (χ3v) is 17.7. The van der Waals surface area contributed by atoms with E-state index in [4.69, 9.17) is 41.6 Å². The largest absolute Gasteiger partial charge is 0.504 e. The van der Waals surface area contributed by atoms with E-state index in [1.807, 2.05) is 119 Å². The average molecular weight is 1500 g/mol. The van der Waals surface area contributed by atoms with Crippen molar-refractivity contribution in [3.05, 3.63) is 214 Å². The van der Waals surface area contributed by atoms with E-state index in [9.17, 15) is 54.0 Å². The lowest BCUT2D eigenvalue weighted by atomic mass is 10.0. The normalized spacial score (nSPS) is 11.0. The van der Waals surface area contributed by atoms with Gasteiger partial charge in [-0.05, 0) is 204 Å². The summed E-state index contributed by atoms with van der Waals surface area (Å²) in [5.41, 5.74) is 25.6. The first-order valence-electron chi connectivity index (χ1n) is 37.5. The van der Waals surface area contributed by atoms with Crippen LogP contribution in [-0.4, -0.2) is 172 Å². The summed E-state index contributed by atoms with van der Waals surface area (Å²) < 4.78 is 18.2. The van der Waals surface area contributed by atoms with Gasteiger partial charge in [-0.25, -0.2) is 4.79 Å². The molecule has 1 atom stereocenters. The first-order chi connectivity index (χ1) is 52.6. The Morgan fingerprint density at radius 1 is 0.404 bits per heavy atom. The molecular weight excluding hydrogens is 1390 g/mol. The number of carboxylic acids is 2. The zero-order valence-electron chi connectivity index (χ0n) is 63.1. The van der Waals surface area contributed by atoms with Crippen LogP contribution in [0.25, 0.3) is 0 Å². The van der Waals surface area contributed by atoms with Crippen molar-refractivity contribution in [2.24, 2.45) is 17.2 Å². The third kappa shape index (κ3) is 37.1. The lowest BCUT2D eigenvalue weighted by Crippen LogP contribution is -2.37. The molecule has 0 radical (unpaired) electrons. The molecule has 0 fully saturated rings. The van der Waals surface area contributed by atoms with Crippen LogP contribution in [0.4, 0.5) is 4.79 Å². The Morgan fingerprint density at radius 3 is 1.29 bits per heavy atom. The topological polar surface area (TPSA) is 392 Å². The van der Waals surface area contributed by atoms with Gasteiger partial charge in [0.05, 0.1) is 6.42 Å². The SMILES string of the molecule is Cc1ccc(CCC(=O)NCCCN(CCCCN(CCCN)C(=O)CCc2ccc(OCc3ccccc3)c(OCc3ccccc3)c2)C(=O)OCc2ccccc2)cc1C.NCCCN(CCCCNCCCNC(=O)CCc1ccc(O)c(O)c1)C(=O)CCc1ccc(O)c(O)c1.N[C@@H](CC(=O)O)C(=O)O. The third-order valence-electron chi connectivity index (χ3n) is 17.7. The van der Waals surface area contributed by atoms with Crippen molar-refractivity contribution in [3.63, 3.8) is 0 Å². The number of hydrogen-bond acceptors (Lipinski definition) is 18. The maximum absolute atomic E-state index is 13.7. The number of nitrogens with one attached hydrogen (secondary N) is 3. The molecule has 25 nitrogen and oxygen atoms in total. The molecule has 15 N–H and O–H groups in total. The number of aliphatic carboxylic acids is 2. The highest BCUT2D eigenvalue weighted by Crippen LogP contribution is 2.32. The van der Waals surface area contributed by atoms with Crippen molar-refractivity contribution in [1.82, 2.24) is 30.7 Å². The van der Waals surface area contributed by atoms with Gasteiger partial charge in [-0.1, -0.05) is 127 Å². The molecule has 0 aliphatic carbocycles. The van der Waals surface area contributed by atoms with Crippen molar-refractivity contribution in [2.45, 2.75) is 149 Å². The van der Waals surface area contributed by atoms with Crippen LogP contribution in [0.5, 0.6) is 34.5 Å². The highest BCUT2D eigenvalue weighted by Gasteiger charge is 2.20. The van der Waals surface area contributed by atoms with Gasteiger partial charge < -0.3 is 92.7 Å². The van der Waals surface area contributed by atoms with E-state index in [1.54, 1.807) is 17.0 Å². The fraction of sp³-hybridized carbons (Fsp3) is 0.417. The van der Waals surface area contributed by atoms with Crippen molar-refractivity contribution >= 4 is 41.7 Å². The quantitative estimate of drug-likeness (QED) is 0.0125. The summed E-state index contributed by atoms with van der Waals surface area (Å²) in [6.45, 7) is 12.1. The molecule has 5 amide bonds. The summed E-state index contributed by atoms with van der Waals surface area (Å²) in [6.07, 6.45) is 8.68. The molecule has 0 unspecified atom stereocenters. The van der Waals surface area contributed by atoms with Gasteiger partial charge >= 0.3 is 18.0 Å². The first kappa shape index (κ1) is 88.9. The summed E-state index contributed by atoms with van der Waals surface area (Å²) >= 11 is 0. The number of rotatable bonds is 47. The van der Waals surface area contributed by atoms with Crippen molar-refractivity contribution in [2.75, 3.05) is 78.5 Å². The standard InChI is InChI=1S/C52H64N4O6.C28H42N4O6.C4H7NO4/c1-41-22-23-43(36-42(41)2)25-28-50(57)54-31-15-35-56(52(59)62-40-47-20-10-5-11-21-47)33-13-12-32-55(34-14-30-53)51(58)29-26-44-24-27-48(60-38-45-16-6-3-7-17-45)49(37-44)61-39-46-18-8-4-9-19-46;29-13-3-18-32(28(38)12-8-22-6-10-24(34)26(36)20-22)17-2-1-14-30-15-4-16-31-27(37)11-7-21-5-9-23(33)25(35)19-21;5-2(4(8)9)1-3(6)7/h3-11,16-24,27,36-37H,12-15,25-26,28-35,38-40,53H2,1-2H3,(H,54,57);5-6,9-10,19-20,30,33-36H,1-4,7-8,11-18,29H2,(H,31,37);2H,1,5H2,(H,6,7)(H,8,9)/t;;2-/m..0/s1. The molecule has 0 saturated heterocycles. The minimum Gasteiger partial charge on any atom is -0.504 e. The highest BCUT2D eigenvalue weighted by atomic mass is 16.6. The molecule has 590 valence electrons. The molecule has 0 aromatic heterocycles. The second kappa shape index (κ2) is 51.5. The molecule has 0 aliphatic heterocycles. The number of aromatic hydroxyl groups is 4.